The van der Waals surface area contributed by atoms with Gasteiger partial charge in [-0.2, -0.15) is 0 Å². The van der Waals surface area contributed by atoms with Crippen LogP contribution in [0, 0.1) is 0 Å². The molecule has 5 aliphatic heterocycles. The topological polar surface area (TPSA) is 704 Å². The molecule has 10 aromatic heterocycles. The Kier molecular flexibility index (Phi) is 20.1. The molecule has 5 saturated heterocycles. The highest BCUT2D eigenvalue weighted by Gasteiger charge is 2.50. The van der Waals surface area contributed by atoms with Gasteiger partial charge in [-0.25, -0.2) is 97.6 Å². The van der Waals surface area contributed by atoms with Crippen LogP contribution in [-0.4, -0.2) is 226 Å². The second-order valence-electron chi connectivity index (χ2n) is 24.3. The molecule has 15 heterocycles. The average molecular weight is 1580 g/mol. The van der Waals surface area contributed by atoms with Crippen LogP contribution in [0.25, 0.3) is 55.8 Å². The third-order valence-electron chi connectivity index (χ3n) is 17.3. The Morgan fingerprint density at radius 3 is 0.887 bits per heavy atom. The maximum atomic E-state index is 14.3. The van der Waals surface area contributed by atoms with E-state index in [-0.39, 0.29) is 105 Å². The Morgan fingerprint density at radius 1 is 0.349 bits per heavy atom. The van der Waals surface area contributed by atoms with Crippen LogP contribution in [0.3, 0.4) is 0 Å². The van der Waals surface area contributed by atoms with E-state index in [4.69, 9.17) is 88.5 Å². The number of aromatic nitrogens is 20. The molecule has 106 heavy (non-hydrogen) atoms. The van der Waals surface area contributed by atoms with Gasteiger partial charge in [0.05, 0.1) is 95.2 Å². The quantitative estimate of drug-likeness (QED) is 0.0287. The highest BCUT2D eigenvalue weighted by molar-refractivity contribution is 7.48. The van der Waals surface area contributed by atoms with Gasteiger partial charge >= 0.3 is 39.1 Å². The Labute approximate surface area is 590 Å². The number of nitrogens with zero attached hydrogens (tertiary/aromatic N) is 20. The van der Waals surface area contributed by atoms with Crippen molar-refractivity contribution in [3.63, 3.8) is 0 Å². The van der Waals surface area contributed by atoms with Crippen LogP contribution in [0.5, 0.6) is 0 Å². The molecular formula is C50H62N25O26P5. The number of rotatable bonds is 28. The van der Waals surface area contributed by atoms with Crippen molar-refractivity contribution in [1.82, 2.24) is 97.6 Å². The van der Waals surface area contributed by atoms with Crippen LogP contribution in [0.4, 0.5) is 29.1 Å². The fourth-order valence-electron chi connectivity index (χ4n) is 12.7. The molecule has 0 radical (unpaired) electrons. The fraction of sp³-hybridized carbons (Fsp3) is 0.500. The lowest BCUT2D eigenvalue weighted by atomic mass is 10.2. The SMILES string of the molecule is Nc1ncnc2c1ncn2[C@@H]1O[C@H](COP(=O)(O)O)C[C@H]1OP(=O)(O)OC[C@@H]1C[C@@H](OP(=O)(O)OC[C@@H]2C[C@@H](OP(=O)(O)OC[C@@H]3C[C@@H](OP(=O)(O)OC[C@H]4O[C@@H](n5cnc6c(N)ncnc65)C[C@@H]4O)[C@H](n4cnc5c(N)ncnc54)O3)[C@H](n3cnc4c(N)ncnc43)O2)[C@H](n2cnc3c(N)ncnc32)O1. The standard InChI is InChI=1S/C50H62N25O26P5/c51-37-32-42(61-11-56-37)71(16-66-32)31-5-25(76)30(97-31)10-92-106(86,87)101-29-4-24(96-50(29)75-20-70-36-41(55)60-15-65-46(36)75)9-91-105(84,85)100-28-3-23(95-49(28)74-19-69-35-40(54)59-14-64-45(35)74)8-90-104(82,83)99-27-2-22(94-48(27)73-18-68-34-39(53)58-13-63-44(34)73)7-89-103(80,81)98-26-1-21(6-88-102(77,78)79)93-47(26)72-17-67-33-38(52)57-12-62-43(33)72/h11-31,47-50,76H,1-10H2,(H,80,81)(H,82,83)(H,84,85)(H,86,87)(H2,51,56,61)(H2,52,57,62)(H2,53,58,63)(H2,54,59,64)(H2,55,60,65)(H2,77,78,79)/t21-,22-,23-,24-,25-,26+,27+,28+,29+,30+,31+,47+,48+,49+,50+/m0/s1. The first kappa shape index (κ1) is 73.6. The number of phosphoric ester groups is 5. The Bertz CT molecular complexity index is 5190. The van der Waals surface area contributed by atoms with E-state index in [1.165, 1.54) is 60.8 Å². The number of imidazole rings is 5. The monoisotopic (exact) mass is 1580 g/mol. The van der Waals surface area contributed by atoms with E-state index in [1.807, 2.05) is 0 Å². The summed E-state index contributed by atoms with van der Waals surface area (Å²) in [4.78, 5) is 126. The number of aliphatic hydroxyl groups excluding tert-OH is 1. The molecule has 0 amide bonds. The summed E-state index contributed by atoms with van der Waals surface area (Å²) in [5, 5.41) is 11.0. The van der Waals surface area contributed by atoms with Gasteiger partial charge in [0.15, 0.2) is 82.2 Å². The summed E-state index contributed by atoms with van der Waals surface area (Å²) in [7, 11) is -26.0. The van der Waals surface area contributed by atoms with Crippen molar-refractivity contribution in [2.75, 3.05) is 61.7 Å². The predicted octanol–water partition coefficient (Wildman–Crippen LogP) is 0.0134. The summed E-state index contributed by atoms with van der Waals surface area (Å²) in [6.45, 7) is -3.68. The second-order valence-corrected chi connectivity index (χ2v) is 31.2. The summed E-state index contributed by atoms with van der Waals surface area (Å²) in [5.74, 6) is -0.0621. The summed E-state index contributed by atoms with van der Waals surface area (Å²) >= 11 is 0. The maximum Gasteiger partial charge on any atom is 0.472 e. The lowest BCUT2D eigenvalue weighted by Crippen LogP contribution is -2.27. The van der Waals surface area contributed by atoms with Gasteiger partial charge in [0.1, 0.15) is 96.0 Å². The molecule has 17 N–H and O–H groups in total. The third kappa shape index (κ3) is 15.4. The van der Waals surface area contributed by atoms with Gasteiger partial charge in [-0.3, -0.25) is 63.5 Å². The Morgan fingerprint density at radius 2 is 0.604 bits per heavy atom. The van der Waals surface area contributed by atoms with E-state index in [9.17, 15) is 57.3 Å². The van der Waals surface area contributed by atoms with Gasteiger partial charge in [-0.05, 0) is 0 Å². The molecule has 56 heteroatoms. The normalized spacial score (nSPS) is 28.9. The van der Waals surface area contributed by atoms with Crippen molar-refractivity contribution < 1.29 is 122 Å². The van der Waals surface area contributed by atoms with Crippen LogP contribution in [0.2, 0.25) is 0 Å². The van der Waals surface area contributed by atoms with Crippen LogP contribution >= 0.6 is 39.1 Å². The molecule has 19 atom stereocenters. The van der Waals surface area contributed by atoms with E-state index in [2.05, 4.69) is 79.3 Å². The minimum atomic E-state index is -5.33. The summed E-state index contributed by atoms with van der Waals surface area (Å²) in [6.07, 6.45) is -9.12. The second kappa shape index (κ2) is 28.9. The largest absolute Gasteiger partial charge is 0.472 e. The molecule has 15 rings (SSSR count). The van der Waals surface area contributed by atoms with Gasteiger partial charge in [0, 0.05) is 32.1 Å². The number of hydrogen-bond acceptors (Lipinski definition) is 40. The third-order valence-corrected chi connectivity index (χ3v) is 21.8. The van der Waals surface area contributed by atoms with Crippen molar-refractivity contribution in [2.24, 2.45) is 0 Å². The molecule has 51 nitrogen and oxygen atoms in total. The van der Waals surface area contributed by atoms with Crippen molar-refractivity contribution >= 4 is 124 Å². The minimum absolute atomic E-state index is 0.00580. The highest BCUT2D eigenvalue weighted by Crippen LogP contribution is 2.56. The molecular weight excluding hydrogens is 1520 g/mol. The summed E-state index contributed by atoms with van der Waals surface area (Å²) in [6, 6.07) is 0. The molecule has 0 aromatic carbocycles. The van der Waals surface area contributed by atoms with Crippen LogP contribution in [0.1, 0.15) is 63.2 Å². The number of anilines is 5. The molecule has 568 valence electrons. The fourth-order valence-corrected chi connectivity index (χ4v) is 16.8. The molecule has 10 aromatic rings. The van der Waals surface area contributed by atoms with Crippen molar-refractivity contribution in [2.45, 2.75) is 124 Å². The van der Waals surface area contributed by atoms with Crippen LogP contribution in [-0.2, 0) is 87.2 Å². The van der Waals surface area contributed by atoms with E-state index in [0.717, 1.165) is 25.3 Å². The number of hydrogen-bond donors (Lipinski definition) is 12. The van der Waals surface area contributed by atoms with Crippen molar-refractivity contribution in [3.8, 4) is 0 Å². The Balaban J connectivity index is 0.613. The number of nitrogen functional groups attached to an aromatic ring is 5. The smallest absolute Gasteiger partial charge is 0.390 e. The number of ether oxygens (including phenoxy) is 5. The van der Waals surface area contributed by atoms with Gasteiger partial charge in [-0.15, -0.1) is 0 Å². The average Bonchev–Trinajstić information content (AvgIpc) is 1.65. The molecule has 5 fully saturated rings. The molecule has 4 unspecified atom stereocenters. The molecule has 0 bridgehead atoms. The van der Waals surface area contributed by atoms with Crippen LogP contribution in [0.15, 0.2) is 63.3 Å². The maximum absolute atomic E-state index is 14.3. The molecule has 0 aliphatic carbocycles. The van der Waals surface area contributed by atoms with Crippen molar-refractivity contribution in [3.05, 3.63) is 63.3 Å². The zero-order chi connectivity index (χ0) is 74.4. The lowest BCUT2D eigenvalue weighted by molar-refractivity contribution is -0.0651. The highest BCUT2D eigenvalue weighted by atomic mass is 31.2. The van der Waals surface area contributed by atoms with E-state index in [0.29, 0.717) is 5.65 Å². The number of aliphatic hydroxyl groups is 1. The first-order valence-electron chi connectivity index (χ1n) is 31.4. The zero-order valence-corrected chi connectivity index (χ0v) is 58.4. The first-order valence-corrected chi connectivity index (χ1v) is 38.9. The Hall–Kier alpha value is -7.94. The first-order chi connectivity index (χ1) is 50.5. The molecule has 0 spiro atoms. The minimum Gasteiger partial charge on any atom is -0.390 e. The molecule has 5 aliphatic rings. The van der Waals surface area contributed by atoms with E-state index in [1.54, 1.807) is 0 Å². The zero-order valence-electron chi connectivity index (χ0n) is 54.0. The van der Waals surface area contributed by atoms with Crippen LogP contribution < -0.4 is 28.7 Å². The van der Waals surface area contributed by atoms with Gasteiger partial charge < -0.3 is 86.8 Å². The number of phosphoric acid groups is 5. The van der Waals surface area contributed by atoms with Gasteiger partial charge in [0.2, 0.25) is 0 Å². The lowest BCUT2D eigenvalue weighted by Gasteiger charge is -2.24. The van der Waals surface area contributed by atoms with Gasteiger partial charge in [-0.1, -0.05) is 0 Å². The van der Waals surface area contributed by atoms with E-state index >= 15 is 0 Å². The summed E-state index contributed by atoms with van der Waals surface area (Å²) in [5.41, 5.74) is 31.5. The number of fused-ring (bicyclic) bond motifs is 5. The summed E-state index contributed by atoms with van der Waals surface area (Å²) < 4.78 is 155. The van der Waals surface area contributed by atoms with Crippen molar-refractivity contribution in [1.29, 1.82) is 0 Å². The van der Waals surface area contributed by atoms with E-state index < -0.39 is 171 Å². The van der Waals surface area contributed by atoms with Gasteiger partial charge in [0.25, 0.3) is 0 Å². The molecule has 0 saturated carbocycles. The number of nitrogens with two attached hydrogens (primary N) is 5. The predicted molar refractivity (Wildman–Crippen MR) is 348 cm³/mol.